The van der Waals surface area contributed by atoms with Crippen LogP contribution in [-0.4, -0.2) is 5.91 Å². The van der Waals surface area contributed by atoms with Gasteiger partial charge in [0.25, 0.3) is 5.91 Å². The zero-order chi connectivity index (χ0) is 11.8. The molecule has 1 aromatic heterocycles. The third kappa shape index (κ3) is 1.59. The summed E-state index contributed by atoms with van der Waals surface area (Å²) in [4.78, 5) is 13.1. The summed E-state index contributed by atoms with van der Waals surface area (Å²) in [6.07, 6.45) is 0. The average Bonchev–Trinajstić information content (AvgIpc) is 2.94. The molecule has 2 nitrogen and oxygen atoms in total. The van der Waals surface area contributed by atoms with Crippen molar-refractivity contribution in [1.29, 1.82) is 0 Å². The van der Waals surface area contributed by atoms with Gasteiger partial charge in [0.1, 0.15) is 0 Å². The van der Waals surface area contributed by atoms with Crippen molar-refractivity contribution in [2.24, 2.45) is 0 Å². The Bertz CT molecular complexity index is 611. The van der Waals surface area contributed by atoms with E-state index in [1.54, 1.807) is 11.3 Å². The van der Waals surface area contributed by atoms with Crippen molar-refractivity contribution in [3.63, 3.8) is 0 Å². The summed E-state index contributed by atoms with van der Waals surface area (Å²) >= 11 is 1.66. The van der Waals surface area contributed by atoms with Crippen LogP contribution >= 0.6 is 11.3 Å². The van der Waals surface area contributed by atoms with Crippen molar-refractivity contribution in [3.05, 3.63) is 52.2 Å². The van der Waals surface area contributed by atoms with Crippen molar-refractivity contribution in [2.45, 2.75) is 6.92 Å². The monoisotopic (exact) mass is 241 g/mol. The highest BCUT2D eigenvalue weighted by molar-refractivity contribution is 7.11. The maximum Gasteiger partial charge on any atom is 0.256 e. The Morgan fingerprint density at radius 3 is 2.76 bits per heavy atom. The van der Waals surface area contributed by atoms with Gasteiger partial charge in [0.05, 0.1) is 5.57 Å². The molecule has 0 bridgehead atoms. The zero-order valence-corrected chi connectivity index (χ0v) is 10.2. The standard InChI is InChI=1S/C14H11NOS/c1-9(12-7-4-8-17-12)13-10-5-2-3-6-11(10)15-14(13)16/h2-8H,1H3,(H,15,16)/b13-9-. The molecule has 1 amide bonds. The molecule has 2 aromatic rings. The minimum atomic E-state index is -0.00269. The minimum Gasteiger partial charge on any atom is -0.321 e. The van der Waals surface area contributed by atoms with Crippen LogP contribution in [0, 0.1) is 0 Å². The Balaban J connectivity index is 2.22. The van der Waals surface area contributed by atoms with Crippen LogP contribution in [-0.2, 0) is 4.79 Å². The predicted molar refractivity (Wildman–Crippen MR) is 71.9 cm³/mol. The molecule has 1 N–H and O–H groups in total. The van der Waals surface area contributed by atoms with Gasteiger partial charge in [0, 0.05) is 16.1 Å². The lowest BCUT2D eigenvalue weighted by Gasteiger charge is -2.02. The Hall–Kier alpha value is -1.87. The van der Waals surface area contributed by atoms with E-state index in [-0.39, 0.29) is 5.91 Å². The number of allylic oxidation sites excluding steroid dienone is 1. The summed E-state index contributed by atoms with van der Waals surface area (Å²) < 4.78 is 0. The molecule has 17 heavy (non-hydrogen) atoms. The van der Waals surface area contributed by atoms with Gasteiger partial charge < -0.3 is 5.32 Å². The smallest absolute Gasteiger partial charge is 0.256 e. The number of carbonyl (C=O) groups is 1. The largest absolute Gasteiger partial charge is 0.321 e. The summed E-state index contributed by atoms with van der Waals surface area (Å²) in [6, 6.07) is 11.9. The fourth-order valence-electron chi connectivity index (χ4n) is 2.10. The van der Waals surface area contributed by atoms with Crippen molar-refractivity contribution < 1.29 is 4.79 Å². The molecule has 0 radical (unpaired) electrons. The van der Waals surface area contributed by atoms with Gasteiger partial charge in [-0.15, -0.1) is 11.3 Å². The summed E-state index contributed by atoms with van der Waals surface area (Å²) in [5.74, 6) is -0.00269. The molecule has 3 rings (SSSR count). The van der Waals surface area contributed by atoms with E-state index in [9.17, 15) is 4.79 Å². The lowest BCUT2D eigenvalue weighted by molar-refractivity contribution is -0.110. The van der Waals surface area contributed by atoms with Crippen LogP contribution < -0.4 is 5.32 Å². The molecule has 0 saturated heterocycles. The van der Waals surface area contributed by atoms with Crippen molar-refractivity contribution in [2.75, 3.05) is 5.32 Å². The number of para-hydroxylation sites is 1. The maximum atomic E-state index is 12.0. The van der Waals surface area contributed by atoms with Crippen LogP contribution in [0.15, 0.2) is 41.8 Å². The second kappa shape index (κ2) is 3.86. The van der Waals surface area contributed by atoms with Crippen molar-refractivity contribution >= 4 is 34.1 Å². The molecule has 1 aromatic carbocycles. The Morgan fingerprint density at radius 1 is 1.18 bits per heavy atom. The van der Waals surface area contributed by atoms with E-state index in [1.165, 1.54) is 0 Å². The van der Waals surface area contributed by atoms with Gasteiger partial charge in [0.2, 0.25) is 0 Å². The van der Waals surface area contributed by atoms with E-state index in [1.807, 2.05) is 48.7 Å². The molecule has 1 aliphatic rings. The third-order valence-electron chi connectivity index (χ3n) is 2.94. The van der Waals surface area contributed by atoms with Gasteiger partial charge in [-0.1, -0.05) is 24.3 Å². The first-order valence-corrected chi connectivity index (χ1v) is 6.31. The molecular weight excluding hydrogens is 230 g/mol. The topological polar surface area (TPSA) is 29.1 Å². The summed E-state index contributed by atoms with van der Waals surface area (Å²) in [5, 5.41) is 4.92. The molecule has 1 aliphatic heterocycles. The van der Waals surface area contributed by atoms with E-state index < -0.39 is 0 Å². The maximum absolute atomic E-state index is 12.0. The second-order valence-electron chi connectivity index (χ2n) is 3.98. The van der Waals surface area contributed by atoms with E-state index in [0.717, 1.165) is 27.3 Å². The molecule has 0 fully saturated rings. The highest BCUT2D eigenvalue weighted by Crippen LogP contribution is 2.37. The highest BCUT2D eigenvalue weighted by atomic mass is 32.1. The van der Waals surface area contributed by atoms with Crippen molar-refractivity contribution in [3.8, 4) is 0 Å². The molecule has 0 spiro atoms. The number of amides is 1. The van der Waals surface area contributed by atoms with E-state index >= 15 is 0 Å². The Labute approximate surface area is 104 Å². The number of benzene rings is 1. The van der Waals surface area contributed by atoms with Crippen LogP contribution in [0.4, 0.5) is 5.69 Å². The number of hydrogen-bond acceptors (Lipinski definition) is 2. The molecule has 2 heterocycles. The quantitative estimate of drug-likeness (QED) is 0.759. The van der Waals surface area contributed by atoms with E-state index in [0.29, 0.717) is 0 Å². The first-order valence-electron chi connectivity index (χ1n) is 5.43. The molecule has 0 saturated carbocycles. The number of nitrogens with one attached hydrogen (secondary N) is 1. The fraction of sp³-hybridized carbons (Fsp3) is 0.0714. The number of rotatable bonds is 1. The molecule has 0 aliphatic carbocycles. The number of thiophene rings is 1. The van der Waals surface area contributed by atoms with Crippen LogP contribution in [0.5, 0.6) is 0 Å². The summed E-state index contributed by atoms with van der Waals surface area (Å²) in [5.41, 5.74) is 3.75. The first-order chi connectivity index (χ1) is 8.27. The van der Waals surface area contributed by atoms with Crippen LogP contribution in [0.2, 0.25) is 0 Å². The minimum absolute atomic E-state index is 0.00269. The van der Waals surface area contributed by atoms with Crippen LogP contribution in [0.25, 0.3) is 11.1 Å². The first kappa shape index (κ1) is 10.3. The number of anilines is 1. The number of fused-ring (bicyclic) bond motifs is 1. The summed E-state index contributed by atoms with van der Waals surface area (Å²) in [7, 11) is 0. The van der Waals surface area contributed by atoms with E-state index in [4.69, 9.17) is 0 Å². The molecule has 3 heteroatoms. The lowest BCUT2D eigenvalue weighted by Crippen LogP contribution is -2.04. The number of hydrogen-bond donors (Lipinski definition) is 1. The summed E-state index contributed by atoms with van der Waals surface area (Å²) in [6.45, 7) is 2.00. The van der Waals surface area contributed by atoms with Gasteiger partial charge in [-0.2, -0.15) is 0 Å². The van der Waals surface area contributed by atoms with Crippen LogP contribution in [0.3, 0.4) is 0 Å². The average molecular weight is 241 g/mol. The normalized spacial score (nSPS) is 16.6. The van der Waals surface area contributed by atoms with E-state index in [2.05, 4.69) is 5.32 Å². The van der Waals surface area contributed by atoms with Gasteiger partial charge in [-0.25, -0.2) is 0 Å². The molecular formula is C14H11NOS. The molecule has 0 atom stereocenters. The molecule has 84 valence electrons. The highest BCUT2D eigenvalue weighted by Gasteiger charge is 2.25. The zero-order valence-electron chi connectivity index (χ0n) is 9.36. The Kier molecular flexibility index (Phi) is 2.34. The van der Waals surface area contributed by atoms with Crippen molar-refractivity contribution in [1.82, 2.24) is 0 Å². The Morgan fingerprint density at radius 2 is 2.00 bits per heavy atom. The van der Waals surface area contributed by atoms with Gasteiger partial charge in [-0.05, 0) is 30.0 Å². The lowest BCUT2D eigenvalue weighted by atomic mass is 10.0. The van der Waals surface area contributed by atoms with Gasteiger partial charge in [-0.3, -0.25) is 4.79 Å². The SMILES string of the molecule is C/C(=C1/C(=O)Nc2ccccc21)c1cccs1. The predicted octanol–water partition coefficient (Wildman–Crippen LogP) is 3.63. The molecule has 0 unspecified atom stereocenters. The van der Waals surface area contributed by atoms with Gasteiger partial charge in [0.15, 0.2) is 0 Å². The third-order valence-corrected chi connectivity index (χ3v) is 3.93. The number of carbonyl (C=O) groups excluding carboxylic acids is 1. The van der Waals surface area contributed by atoms with Crippen LogP contribution in [0.1, 0.15) is 17.4 Å². The van der Waals surface area contributed by atoms with Gasteiger partial charge >= 0.3 is 0 Å². The fourth-order valence-corrected chi connectivity index (χ4v) is 2.84. The second-order valence-corrected chi connectivity index (χ2v) is 4.92.